The molecular formula is C21H17NO2. The summed E-state index contributed by atoms with van der Waals surface area (Å²) in [6.07, 6.45) is 4.90. The predicted octanol–water partition coefficient (Wildman–Crippen LogP) is 4.87. The smallest absolute Gasteiger partial charge is 0.196 e. The largest absolute Gasteiger partial charge is 0.355 e. The maximum absolute atomic E-state index is 13.0. The first-order valence-corrected chi connectivity index (χ1v) is 7.68. The molecule has 0 aromatic heterocycles. The van der Waals surface area contributed by atoms with Crippen LogP contribution in [0.15, 0.2) is 84.5 Å². The number of allylic oxidation sites excluding steroid dienone is 5. The fourth-order valence-corrected chi connectivity index (χ4v) is 2.76. The lowest BCUT2D eigenvalue weighted by molar-refractivity contribution is 0.0978. The summed E-state index contributed by atoms with van der Waals surface area (Å²) in [5, 5.41) is 3.23. The van der Waals surface area contributed by atoms with Crippen LogP contribution in [0.25, 0.3) is 0 Å². The topological polar surface area (TPSA) is 46.2 Å². The Balaban J connectivity index is 2.11. The summed E-state index contributed by atoms with van der Waals surface area (Å²) in [5.41, 5.74) is 3.22. The molecule has 0 saturated heterocycles. The van der Waals surface area contributed by atoms with Gasteiger partial charge in [-0.15, -0.1) is 0 Å². The summed E-state index contributed by atoms with van der Waals surface area (Å²) < 4.78 is 0. The molecule has 3 rings (SSSR count). The molecule has 0 fully saturated rings. The number of hydrogen-bond donors (Lipinski definition) is 1. The van der Waals surface area contributed by atoms with E-state index >= 15 is 0 Å². The van der Waals surface area contributed by atoms with Crippen LogP contribution in [0.5, 0.6) is 0 Å². The quantitative estimate of drug-likeness (QED) is 0.819. The molecule has 0 radical (unpaired) electrons. The van der Waals surface area contributed by atoms with Crippen LogP contribution in [0.4, 0.5) is 11.4 Å². The number of carbonyl (C=O) groups is 2. The Morgan fingerprint density at radius 2 is 1.71 bits per heavy atom. The van der Waals surface area contributed by atoms with Gasteiger partial charge in [-0.05, 0) is 25.1 Å². The van der Waals surface area contributed by atoms with Crippen molar-refractivity contribution in [2.24, 2.45) is 0 Å². The first-order chi connectivity index (χ1) is 11.6. The number of fused-ring (bicyclic) bond motifs is 1. The van der Waals surface area contributed by atoms with Crippen molar-refractivity contribution >= 4 is 22.9 Å². The highest BCUT2D eigenvalue weighted by molar-refractivity contribution is 6.29. The minimum Gasteiger partial charge on any atom is -0.355 e. The summed E-state index contributed by atoms with van der Waals surface area (Å²) >= 11 is 0. The molecule has 0 aliphatic heterocycles. The van der Waals surface area contributed by atoms with E-state index in [1.54, 1.807) is 37.3 Å². The highest BCUT2D eigenvalue weighted by Gasteiger charge is 2.30. The lowest BCUT2D eigenvalue weighted by Crippen LogP contribution is -2.21. The average Bonchev–Trinajstić information content (AvgIpc) is 2.60. The zero-order valence-electron chi connectivity index (χ0n) is 13.4. The summed E-state index contributed by atoms with van der Waals surface area (Å²) in [7, 11) is 0. The molecule has 0 saturated carbocycles. The van der Waals surface area contributed by atoms with Gasteiger partial charge in [-0.3, -0.25) is 9.59 Å². The van der Waals surface area contributed by atoms with Crippen molar-refractivity contribution in [2.75, 3.05) is 5.32 Å². The molecule has 0 bridgehead atoms. The predicted molar refractivity (Wildman–Crippen MR) is 96.9 cm³/mol. The van der Waals surface area contributed by atoms with E-state index in [-0.39, 0.29) is 11.6 Å². The Hall–Kier alpha value is -3.20. The zero-order valence-corrected chi connectivity index (χ0v) is 13.4. The maximum atomic E-state index is 13.0. The zero-order chi connectivity index (χ0) is 17.1. The molecule has 3 nitrogen and oxygen atoms in total. The lowest BCUT2D eigenvalue weighted by Gasteiger charge is -2.20. The minimum atomic E-state index is -0.153. The van der Waals surface area contributed by atoms with Crippen molar-refractivity contribution in [3.05, 3.63) is 95.6 Å². The molecule has 0 heterocycles. The third kappa shape index (κ3) is 2.72. The molecule has 1 aliphatic rings. The van der Waals surface area contributed by atoms with Crippen LogP contribution < -0.4 is 5.32 Å². The van der Waals surface area contributed by atoms with Crippen molar-refractivity contribution in [3.8, 4) is 0 Å². The number of carbonyl (C=O) groups excluding carboxylic acids is 2. The number of nitrogens with one attached hydrogen (secondary N) is 1. The van der Waals surface area contributed by atoms with Gasteiger partial charge in [0.05, 0.1) is 11.3 Å². The van der Waals surface area contributed by atoms with Crippen LogP contribution in [-0.2, 0) is 0 Å². The number of ketones is 2. The molecule has 1 N–H and O–H groups in total. The Morgan fingerprint density at radius 1 is 0.958 bits per heavy atom. The van der Waals surface area contributed by atoms with Crippen molar-refractivity contribution in [2.45, 2.75) is 6.92 Å². The van der Waals surface area contributed by atoms with Crippen LogP contribution in [0.1, 0.15) is 27.6 Å². The fourth-order valence-electron chi connectivity index (χ4n) is 2.76. The molecule has 2 aromatic carbocycles. The van der Waals surface area contributed by atoms with E-state index in [0.717, 1.165) is 5.69 Å². The summed E-state index contributed by atoms with van der Waals surface area (Å²) in [6.45, 7) is 5.30. The van der Waals surface area contributed by atoms with Crippen molar-refractivity contribution < 1.29 is 9.59 Å². The molecular weight excluding hydrogens is 298 g/mol. The Kier molecular flexibility index (Phi) is 4.25. The molecule has 0 spiro atoms. The lowest BCUT2D eigenvalue weighted by atomic mass is 9.83. The van der Waals surface area contributed by atoms with Gasteiger partial charge in [0.1, 0.15) is 0 Å². The SMILES string of the molecule is C=C/C=C\C1=C(C)C(=O)c2cccc(Nc3ccccc3)c2C1=O. The Bertz CT molecular complexity index is 889. The molecule has 0 amide bonds. The van der Waals surface area contributed by atoms with Gasteiger partial charge in [0, 0.05) is 22.4 Å². The minimum absolute atomic E-state index is 0.120. The highest BCUT2D eigenvalue weighted by atomic mass is 16.1. The third-order valence-electron chi connectivity index (χ3n) is 3.98. The summed E-state index contributed by atoms with van der Waals surface area (Å²) in [5.74, 6) is -0.274. The number of anilines is 2. The van der Waals surface area contributed by atoms with Crippen molar-refractivity contribution in [1.82, 2.24) is 0 Å². The number of hydrogen-bond acceptors (Lipinski definition) is 3. The second-order valence-corrected chi connectivity index (χ2v) is 5.51. The molecule has 0 unspecified atom stereocenters. The second kappa shape index (κ2) is 6.50. The van der Waals surface area contributed by atoms with Crippen LogP contribution in [0, 0.1) is 0 Å². The van der Waals surface area contributed by atoms with Gasteiger partial charge in [0.15, 0.2) is 11.6 Å². The summed E-state index contributed by atoms with van der Waals surface area (Å²) in [4.78, 5) is 25.6. The molecule has 3 heteroatoms. The standard InChI is InChI=1S/C21H17NO2/c1-3-4-11-16-14(2)20(23)17-12-8-13-18(19(17)21(16)24)22-15-9-6-5-7-10-15/h3-13,22H,1H2,2H3/b11-4-. The van der Waals surface area contributed by atoms with Crippen molar-refractivity contribution in [1.29, 1.82) is 0 Å². The molecule has 0 atom stereocenters. The van der Waals surface area contributed by atoms with E-state index in [9.17, 15) is 9.59 Å². The van der Waals surface area contributed by atoms with Crippen LogP contribution in [0.2, 0.25) is 0 Å². The van der Waals surface area contributed by atoms with Crippen molar-refractivity contribution in [3.63, 3.8) is 0 Å². The molecule has 118 valence electrons. The molecule has 24 heavy (non-hydrogen) atoms. The van der Waals surface area contributed by atoms with E-state index in [0.29, 0.717) is 28.0 Å². The average molecular weight is 315 g/mol. The van der Waals surface area contributed by atoms with Crippen LogP contribution >= 0.6 is 0 Å². The number of Topliss-reactive ketones (excluding diaryl/α,β-unsaturated/α-hetero) is 2. The first kappa shape index (κ1) is 15.7. The van der Waals surface area contributed by atoms with Crippen LogP contribution in [-0.4, -0.2) is 11.6 Å². The highest BCUT2D eigenvalue weighted by Crippen LogP contribution is 2.33. The molecule has 2 aromatic rings. The summed E-state index contributed by atoms with van der Waals surface area (Å²) in [6, 6.07) is 14.9. The van der Waals surface area contributed by atoms with Gasteiger partial charge in [-0.25, -0.2) is 0 Å². The Morgan fingerprint density at radius 3 is 2.42 bits per heavy atom. The van der Waals surface area contributed by atoms with E-state index in [2.05, 4.69) is 11.9 Å². The van der Waals surface area contributed by atoms with Gasteiger partial charge in [0.2, 0.25) is 0 Å². The van der Waals surface area contributed by atoms with Gasteiger partial charge in [-0.1, -0.05) is 55.1 Å². The normalized spacial score (nSPS) is 14.0. The van der Waals surface area contributed by atoms with Gasteiger partial charge >= 0.3 is 0 Å². The third-order valence-corrected chi connectivity index (χ3v) is 3.98. The second-order valence-electron chi connectivity index (χ2n) is 5.51. The Labute approximate surface area is 141 Å². The number of benzene rings is 2. The van der Waals surface area contributed by atoms with Gasteiger partial charge < -0.3 is 5.32 Å². The maximum Gasteiger partial charge on any atom is 0.196 e. The van der Waals surface area contributed by atoms with Gasteiger partial charge in [-0.2, -0.15) is 0 Å². The van der Waals surface area contributed by atoms with E-state index in [1.807, 2.05) is 36.4 Å². The first-order valence-electron chi connectivity index (χ1n) is 7.68. The van der Waals surface area contributed by atoms with Crippen LogP contribution in [0.3, 0.4) is 0 Å². The fraction of sp³-hybridized carbons (Fsp3) is 0.0476. The number of rotatable bonds is 4. The number of para-hydroxylation sites is 1. The monoisotopic (exact) mass is 315 g/mol. The van der Waals surface area contributed by atoms with E-state index in [4.69, 9.17) is 0 Å². The van der Waals surface area contributed by atoms with E-state index in [1.165, 1.54) is 0 Å². The van der Waals surface area contributed by atoms with Gasteiger partial charge in [0.25, 0.3) is 0 Å². The van der Waals surface area contributed by atoms with E-state index < -0.39 is 0 Å². The molecule has 1 aliphatic carbocycles.